The molecule has 0 spiro atoms. The molecule has 0 saturated heterocycles. The molecule has 1 amide bonds. The number of aryl methyl sites for hydroxylation is 3. The van der Waals surface area contributed by atoms with Gasteiger partial charge in [-0.2, -0.15) is 0 Å². The van der Waals surface area contributed by atoms with E-state index in [4.69, 9.17) is 4.42 Å². The van der Waals surface area contributed by atoms with E-state index in [0.29, 0.717) is 49.4 Å². The smallest absolute Gasteiger partial charge is 0.257 e. The summed E-state index contributed by atoms with van der Waals surface area (Å²) in [6.45, 7) is 1.78. The molecule has 0 radical (unpaired) electrons. The van der Waals surface area contributed by atoms with Crippen LogP contribution < -0.4 is 0 Å². The molecule has 1 aliphatic carbocycles. The number of amides is 1. The van der Waals surface area contributed by atoms with Crippen LogP contribution in [0, 0.1) is 0 Å². The minimum atomic E-state index is -0.125. The zero-order valence-electron chi connectivity index (χ0n) is 16.8. The summed E-state index contributed by atoms with van der Waals surface area (Å²) < 4.78 is 7.69. The van der Waals surface area contributed by atoms with E-state index in [1.807, 2.05) is 23.1 Å². The van der Waals surface area contributed by atoms with Gasteiger partial charge in [-0.3, -0.25) is 9.59 Å². The van der Waals surface area contributed by atoms with Gasteiger partial charge < -0.3 is 13.9 Å². The SMILES string of the molecule is O=C1CCCc2occ(C(=O)N3CCc4nnc(CCc5ccccc5)n4CC3)c21. The first-order valence-corrected chi connectivity index (χ1v) is 10.6. The molecule has 1 aromatic carbocycles. The fourth-order valence-electron chi connectivity index (χ4n) is 4.42. The molecule has 5 rings (SSSR count). The number of Topliss-reactive ketones (excluding diaryl/α,β-unsaturated/α-hetero) is 1. The third-order valence-corrected chi connectivity index (χ3v) is 6.05. The van der Waals surface area contributed by atoms with E-state index in [-0.39, 0.29) is 11.7 Å². The first kappa shape index (κ1) is 18.8. The normalized spacial score (nSPS) is 16.1. The van der Waals surface area contributed by atoms with Crippen LogP contribution in [0.1, 0.15) is 56.5 Å². The van der Waals surface area contributed by atoms with E-state index in [1.165, 1.54) is 11.8 Å². The lowest BCUT2D eigenvalue weighted by atomic mass is 9.94. The highest BCUT2D eigenvalue weighted by atomic mass is 16.3. The molecule has 0 unspecified atom stereocenters. The quantitative estimate of drug-likeness (QED) is 0.668. The molecular formula is C23H24N4O3. The van der Waals surface area contributed by atoms with Crippen LogP contribution in [0.4, 0.5) is 0 Å². The molecule has 154 valence electrons. The molecular weight excluding hydrogens is 380 g/mol. The summed E-state index contributed by atoms with van der Waals surface area (Å²) in [6, 6.07) is 10.3. The van der Waals surface area contributed by atoms with E-state index >= 15 is 0 Å². The van der Waals surface area contributed by atoms with Gasteiger partial charge in [-0.15, -0.1) is 10.2 Å². The lowest BCUT2D eigenvalue weighted by Crippen LogP contribution is -2.34. The largest absolute Gasteiger partial charge is 0.468 e. The molecule has 0 bridgehead atoms. The second-order valence-electron chi connectivity index (χ2n) is 7.94. The fraction of sp³-hybridized carbons (Fsp3) is 0.391. The summed E-state index contributed by atoms with van der Waals surface area (Å²) in [5.74, 6) is 2.42. The standard InChI is InChI=1S/C23H24N4O3/c28-18-7-4-8-19-22(18)17(15-30-19)23(29)26-12-11-21-25-24-20(27(21)14-13-26)10-9-16-5-2-1-3-6-16/h1-3,5-6,15H,4,7-14H2. The van der Waals surface area contributed by atoms with Gasteiger partial charge in [0.2, 0.25) is 0 Å². The predicted molar refractivity (Wildman–Crippen MR) is 109 cm³/mol. The number of benzene rings is 1. The fourth-order valence-corrected chi connectivity index (χ4v) is 4.42. The van der Waals surface area contributed by atoms with Crippen molar-refractivity contribution in [3.8, 4) is 0 Å². The van der Waals surface area contributed by atoms with Crippen molar-refractivity contribution < 1.29 is 14.0 Å². The van der Waals surface area contributed by atoms with Gasteiger partial charge in [0, 0.05) is 45.3 Å². The zero-order valence-corrected chi connectivity index (χ0v) is 16.8. The monoisotopic (exact) mass is 404 g/mol. The van der Waals surface area contributed by atoms with Crippen LogP contribution in [0.5, 0.6) is 0 Å². The van der Waals surface area contributed by atoms with Gasteiger partial charge in [0.25, 0.3) is 5.91 Å². The number of nitrogens with zero attached hydrogens (tertiary/aromatic N) is 4. The number of hydrogen-bond donors (Lipinski definition) is 0. The zero-order chi connectivity index (χ0) is 20.5. The summed E-state index contributed by atoms with van der Waals surface area (Å²) in [4.78, 5) is 27.3. The molecule has 2 aliphatic rings. The topological polar surface area (TPSA) is 81.2 Å². The van der Waals surface area contributed by atoms with E-state index in [2.05, 4.69) is 26.9 Å². The Bertz CT molecular complexity index is 1080. The highest BCUT2D eigenvalue weighted by Crippen LogP contribution is 2.27. The summed E-state index contributed by atoms with van der Waals surface area (Å²) in [7, 11) is 0. The van der Waals surface area contributed by atoms with Crippen LogP contribution in [-0.4, -0.2) is 44.4 Å². The summed E-state index contributed by atoms with van der Waals surface area (Å²) in [5.41, 5.74) is 2.18. The van der Waals surface area contributed by atoms with Crippen LogP contribution in [0.3, 0.4) is 0 Å². The Labute approximate surface area is 174 Å². The van der Waals surface area contributed by atoms with Crippen molar-refractivity contribution in [3.05, 3.63) is 70.7 Å². The predicted octanol–water partition coefficient (Wildman–Crippen LogP) is 2.87. The Kier molecular flexibility index (Phi) is 4.94. The summed E-state index contributed by atoms with van der Waals surface area (Å²) in [6.07, 6.45) is 5.83. The minimum Gasteiger partial charge on any atom is -0.468 e. The number of carbonyl (C=O) groups excluding carboxylic acids is 2. The maximum Gasteiger partial charge on any atom is 0.257 e. The van der Waals surface area contributed by atoms with Crippen molar-refractivity contribution in [2.75, 3.05) is 13.1 Å². The lowest BCUT2D eigenvalue weighted by Gasteiger charge is -2.20. The number of hydrogen-bond acceptors (Lipinski definition) is 5. The molecule has 0 atom stereocenters. The van der Waals surface area contributed by atoms with Gasteiger partial charge in [0.1, 0.15) is 23.7 Å². The Balaban J connectivity index is 1.29. The second kappa shape index (κ2) is 7.89. The van der Waals surface area contributed by atoms with Gasteiger partial charge in [-0.05, 0) is 18.4 Å². The minimum absolute atomic E-state index is 0.0171. The number of ketones is 1. The molecule has 0 saturated carbocycles. The van der Waals surface area contributed by atoms with Gasteiger partial charge in [0.15, 0.2) is 5.78 Å². The highest BCUT2D eigenvalue weighted by Gasteiger charge is 2.31. The Morgan fingerprint density at radius 1 is 1.00 bits per heavy atom. The number of carbonyl (C=O) groups is 2. The summed E-state index contributed by atoms with van der Waals surface area (Å²) >= 11 is 0. The van der Waals surface area contributed by atoms with Crippen molar-refractivity contribution in [2.45, 2.75) is 45.1 Å². The van der Waals surface area contributed by atoms with E-state index in [1.54, 1.807) is 0 Å². The van der Waals surface area contributed by atoms with Crippen molar-refractivity contribution in [1.29, 1.82) is 0 Å². The Morgan fingerprint density at radius 3 is 2.73 bits per heavy atom. The van der Waals surface area contributed by atoms with Gasteiger partial charge in [-0.1, -0.05) is 30.3 Å². The Morgan fingerprint density at radius 2 is 1.87 bits per heavy atom. The molecule has 0 fully saturated rings. The van der Waals surface area contributed by atoms with Gasteiger partial charge in [-0.25, -0.2) is 0 Å². The van der Waals surface area contributed by atoms with Crippen LogP contribution in [0.15, 0.2) is 41.0 Å². The van der Waals surface area contributed by atoms with Crippen LogP contribution in [-0.2, 0) is 32.2 Å². The molecule has 2 aromatic heterocycles. The lowest BCUT2D eigenvalue weighted by molar-refractivity contribution is 0.0752. The van der Waals surface area contributed by atoms with Crippen molar-refractivity contribution in [1.82, 2.24) is 19.7 Å². The van der Waals surface area contributed by atoms with Crippen LogP contribution in [0.25, 0.3) is 0 Å². The van der Waals surface area contributed by atoms with Gasteiger partial charge in [0.05, 0.1) is 11.1 Å². The molecule has 1 aliphatic heterocycles. The maximum atomic E-state index is 13.2. The average molecular weight is 404 g/mol. The molecule has 7 nitrogen and oxygen atoms in total. The molecule has 3 aromatic rings. The van der Waals surface area contributed by atoms with Crippen molar-refractivity contribution in [3.63, 3.8) is 0 Å². The number of fused-ring (bicyclic) bond motifs is 2. The van der Waals surface area contributed by atoms with Gasteiger partial charge >= 0.3 is 0 Å². The highest BCUT2D eigenvalue weighted by molar-refractivity contribution is 6.09. The second-order valence-corrected chi connectivity index (χ2v) is 7.94. The molecule has 7 heteroatoms. The summed E-state index contributed by atoms with van der Waals surface area (Å²) in [5, 5.41) is 8.76. The molecule has 0 N–H and O–H groups in total. The number of rotatable bonds is 4. The number of furan rings is 1. The van der Waals surface area contributed by atoms with E-state index in [9.17, 15) is 9.59 Å². The van der Waals surface area contributed by atoms with Crippen molar-refractivity contribution in [2.24, 2.45) is 0 Å². The third kappa shape index (κ3) is 3.44. The van der Waals surface area contributed by atoms with E-state index < -0.39 is 0 Å². The molecule has 3 heterocycles. The molecule has 30 heavy (non-hydrogen) atoms. The maximum absolute atomic E-state index is 13.2. The third-order valence-electron chi connectivity index (χ3n) is 6.05. The van der Waals surface area contributed by atoms with E-state index in [0.717, 1.165) is 37.3 Å². The average Bonchev–Trinajstić information content (AvgIpc) is 3.31. The number of aromatic nitrogens is 3. The van der Waals surface area contributed by atoms with Crippen molar-refractivity contribution >= 4 is 11.7 Å². The Hall–Kier alpha value is -3.22. The van der Waals surface area contributed by atoms with Crippen LogP contribution >= 0.6 is 0 Å². The van der Waals surface area contributed by atoms with Crippen LogP contribution in [0.2, 0.25) is 0 Å². The first-order valence-electron chi connectivity index (χ1n) is 10.6. The first-order chi connectivity index (χ1) is 14.7.